The van der Waals surface area contributed by atoms with Crippen molar-refractivity contribution in [3.63, 3.8) is 0 Å². The Morgan fingerprint density at radius 1 is 1.29 bits per heavy atom. The molecule has 0 amide bonds. The monoisotopic (exact) mass is 234 g/mol. The Balaban J connectivity index is 3.60. The molecule has 0 aromatic heterocycles. The van der Waals surface area contributed by atoms with Gasteiger partial charge in [-0.05, 0) is 35.1 Å². The zero-order chi connectivity index (χ0) is 12.8. The molecule has 0 unspecified atom stereocenters. The number of ether oxygens (including phenoxy) is 2. The Kier molecular flexibility index (Phi) is 4.79. The maximum atomic E-state index is 9.34. The molecule has 0 aliphatic rings. The molecule has 1 aromatic rings. The van der Waals surface area contributed by atoms with E-state index in [1.165, 1.54) is 0 Å². The molecule has 0 aliphatic carbocycles. The quantitative estimate of drug-likeness (QED) is 0.838. The van der Waals surface area contributed by atoms with Crippen LogP contribution >= 0.6 is 0 Å². The van der Waals surface area contributed by atoms with Crippen molar-refractivity contribution in [1.29, 1.82) is 0 Å². The highest BCUT2D eigenvalue weighted by atomic mass is 16.5. The minimum absolute atomic E-state index is 0.0393. The van der Waals surface area contributed by atoms with E-state index in [0.717, 1.165) is 16.0 Å². The largest absolute Gasteiger partial charge is 0.493 e. The van der Waals surface area contributed by atoms with E-state index in [1.54, 1.807) is 20.3 Å². The highest BCUT2D eigenvalue weighted by molar-refractivity contribution is 5.59. The van der Waals surface area contributed by atoms with Gasteiger partial charge in [-0.3, -0.25) is 0 Å². The molecule has 1 N–H and O–H groups in total. The summed E-state index contributed by atoms with van der Waals surface area (Å²) in [7, 11) is 3.16. The van der Waals surface area contributed by atoms with Crippen LogP contribution in [-0.4, -0.2) is 25.9 Å². The highest BCUT2D eigenvalue weighted by Gasteiger charge is 2.04. The lowest BCUT2D eigenvalue weighted by molar-refractivity contribution is 0.348. The molecule has 0 spiro atoms. The number of benzene rings is 1. The molecule has 3 nitrogen and oxygen atoms in total. The van der Waals surface area contributed by atoms with Gasteiger partial charge in [-0.25, -0.2) is 0 Å². The third-order valence-corrected chi connectivity index (χ3v) is 2.49. The van der Waals surface area contributed by atoms with Gasteiger partial charge in [0.1, 0.15) is 0 Å². The van der Waals surface area contributed by atoms with E-state index in [2.05, 4.69) is 6.58 Å². The van der Waals surface area contributed by atoms with E-state index < -0.39 is 0 Å². The fourth-order valence-corrected chi connectivity index (χ4v) is 1.65. The van der Waals surface area contributed by atoms with Crippen molar-refractivity contribution >= 4 is 12.2 Å². The summed E-state index contributed by atoms with van der Waals surface area (Å²) in [6.07, 6.45) is 3.73. The molecule has 0 saturated carbocycles. The summed E-state index contributed by atoms with van der Waals surface area (Å²) in [4.78, 5) is 0. The second-order valence-corrected chi connectivity index (χ2v) is 3.55. The van der Waals surface area contributed by atoms with Gasteiger partial charge in [0.05, 0.1) is 20.8 Å². The third kappa shape index (κ3) is 2.88. The maximum absolute atomic E-state index is 9.34. The lowest BCUT2D eigenvalue weighted by Gasteiger charge is -2.08. The molecule has 3 heteroatoms. The predicted molar refractivity (Wildman–Crippen MR) is 69.6 cm³/mol. The minimum Gasteiger partial charge on any atom is -0.493 e. The van der Waals surface area contributed by atoms with E-state index in [4.69, 9.17) is 9.47 Å². The van der Waals surface area contributed by atoms with E-state index >= 15 is 0 Å². The number of hydrogen-bond acceptors (Lipinski definition) is 3. The van der Waals surface area contributed by atoms with Gasteiger partial charge in [0.2, 0.25) is 0 Å². The van der Waals surface area contributed by atoms with Gasteiger partial charge >= 0.3 is 0 Å². The molecule has 0 bridgehead atoms. The van der Waals surface area contributed by atoms with Crippen LogP contribution in [0.3, 0.4) is 0 Å². The number of rotatable bonds is 4. The summed E-state index contributed by atoms with van der Waals surface area (Å²) in [5.74, 6) is 1.27. The molecule has 0 heterocycles. The lowest BCUT2D eigenvalue weighted by Crippen LogP contribution is -2.26. The summed E-state index contributed by atoms with van der Waals surface area (Å²) in [5, 5.41) is 11.0. The molecular formula is C14H18O3. The van der Waals surface area contributed by atoms with E-state index in [-0.39, 0.29) is 6.61 Å². The van der Waals surface area contributed by atoms with Crippen molar-refractivity contribution in [1.82, 2.24) is 0 Å². The van der Waals surface area contributed by atoms with Crippen LogP contribution in [0.5, 0.6) is 11.5 Å². The molecule has 1 aromatic carbocycles. The standard InChI is InChI=1S/C14H18O3/c1-5-6-11(9-15)12-8-14(17-4)13(16-3)7-10(12)2/h5-8,15H,2,9H2,1,3-4H3/b6-5?,12-11+. The van der Waals surface area contributed by atoms with Crippen LogP contribution in [-0.2, 0) is 0 Å². The van der Waals surface area contributed by atoms with Crippen LogP contribution in [0.25, 0.3) is 12.2 Å². The Morgan fingerprint density at radius 2 is 1.88 bits per heavy atom. The van der Waals surface area contributed by atoms with Crippen molar-refractivity contribution < 1.29 is 14.6 Å². The SMILES string of the molecule is C=c1cc(OC)c(OC)c/c1=C(/C=CC)CO. The van der Waals surface area contributed by atoms with Gasteiger partial charge in [-0.15, -0.1) is 0 Å². The van der Waals surface area contributed by atoms with E-state index in [0.29, 0.717) is 11.5 Å². The Morgan fingerprint density at radius 3 is 2.35 bits per heavy atom. The van der Waals surface area contributed by atoms with Crippen molar-refractivity contribution in [2.45, 2.75) is 6.92 Å². The van der Waals surface area contributed by atoms with Crippen molar-refractivity contribution in [3.05, 3.63) is 34.7 Å². The van der Waals surface area contributed by atoms with Crippen LogP contribution in [0.1, 0.15) is 6.92 Å². The Bertz CT molecular complexity index is 515. The van der Waals surface area contributed by atoms with E-state index in [1.807, 2.05) is 25.1 Å². The molecule has 0 aliphatic heterocycles. The second kappa shape index (κ2) is 6.11. The number of hydrogen-bond donors (Lipinski definition) is 1. The summed E-state index contributed by atoms with van der Waals surface area (Å²) in [6, 6.07) is 3.63. The third-order valence-electron chi connectivity index (χ3n) is 2.49. The van der Waals surface area contributed by atoms with Gasteiger partial charge in [-0.2, -0.15) is 0 Å². The molecule has 0 saturated heterocycles. The molecule has 0 radical (unpaired) electrons. The number of aliphatic hydroxyl groups excluding tert-OH is 1. The average Bonchev–Trinajstić information content (AvgIpc) is 2.36. The average molecular weight is 234 g/mol. The number of methoxy groups -OCH3 is 2. The minimum atomic E-state index is -0.0393. The predicted octanol–water partition coefficient (Wildman–Crippen LogP) is 0.833. The molecule has 0 fully saturated rings. The molecule has 17 heavy (non-hydrogen) atoms. The van der Waals surface area contributed by atoms with Gasteiger partial charge in [0, 0.05) is 0 Å². The number of aliphatic hydroxyl groups is 1. The van der Waals surface area contributed by atoms with Crippen LogP contribution in [0.2, 0.25) is 0 Å². The first kappa shape index (κ1) is 13.3. The van der Waals surface area contributed by atoms with Gasteiger partial charge in [0.15, 0.2) is 11.5 Å². The zero-order valence-electron chi connectivity index (χ0n) is 10.5. The summed E-state index contributed by atoms with van der Waals surface area (Å²) in [6.45, 7) is 5.82. The zero-order valence-corrected chi connectivity index (χ0v) is 10.5. The molecule has 1 rings (SSSR count). The van der Waals surface area contributed by atoms with Crippen molar-refractivity contribution in [2.24, 2.45) is 0 Å². The number of allylic oxidation sites excluding steroid dienone is 1. The highest BCUT2D eigenvalue weighted by Crippen LogP contribution is 2.21. The first-order chi connectivity index (χ1) is 8.17. The molecule has 92 valence electrons. The van der Waals surface area contributed by atoms with Gasteiger partial charge < -0.3 is 14.6 Å². The van der Waals surface area contributed by atoms with Gasteiger partial charge in [0.25, 0.3) is 0 Å². The van der Waals surface area contributed by atoms with Crippen molar-refractivity contribution in [3.8, 4) is 11.5 Å². The van der Waals surface area contributed by atoms with Crippen LogP contribution < -0.4 is 19.9 Å². The lowest BCUT2D eigenvalue weighted by atomic mass is 10.1. The van der Waals surface area contributed by atoms with Crippen LogP contribution in [0.4, 0.5) is 0 Å². The first-order valence-corrected chi connectivity index (χ1v) is 5.35. The van der Waals surface area contributed by atoms with Crippen LogP contribution in [0.15, 0.2) is 24.3 Å². The Labute approximate surface area is 101 Å². The summed E-state index contributed by atoms with van der Waals surface area (Å²) < 4.78 is 10.4. The topological polar surface area (TPSA) is 38.7 Å². The van der Waals surface area contributed by atoms with Gasteiger partial charge in [-0.1, -0.05) is 18.7 Å². The summed E-state index contributed by atoms with van der Waals surface area (Å²) >= 11 is 0. The first-order valence-electron chi connectivity index (χ1n) is 5.35. The fraction of sp³-hybridized carbons (Fsp3) is 0.286. The fourth-order valence-electron chi connectivity index (χ4n) is 1.65. The maximum Gasteiger partial charge on any atom is 0.161 e. The van der Waals surface area contributed by atoms with Crippen LogP contribution in [0, 0.1) is 0 Å². The summed E-state index contributed by atoms with van der Waals surface area (Å²) in [5.41, 5.74) is 0.804. The normalized spacial score (nSPS) is 12.7. The molecule has 0 atom stereocenters. The Hall–Kier alpha value is -1.74. The smallest absolute Gasteiger partial charge is 0.161 e. The molecular weight excluding hydrogens is 216 g/mol. The van der Waals surface area contributed by atoms with Crippen molar-refractivity contribution in [2.75, 3.05) is 20.8 Å². The van der Waals surface area contributed by atoms with E-state index in [9.17, 15) is 5.11 Å². The second-order valence-electron chi connectivity index (χ2n) is 3.55.